The molecule has 0 saturated carbocycles. The van der Waals surface area contributed by atoms with Crippen molar-refractivity contribution in [3.8, 4) is 0 Å². The Morgan fingerprint density at radius 3 is 3.10 bits per heavy atom. The number of hydrogen-bond donors (Lipinski definition) is 1. The fourth-order valence-electron chi connectivity index (χ4n) is 3.13. The van der Waals surface area contributed by atoms with Gasteiger partial charge in [0.2, 0.25) is 0 Å². The van der Waals surface area contributed by atoms with E-state index in [1.165, 1.54) is 12.5 Å². The lowest BCUT2D eigenvalue weighted by molar-refractivity contribution is 0.166. The number of carbonyl (C=O) groups is 1. The highest BCUT2D eigenvalue weighted by molar-refractivity contribution is 7.99. The minimum atomic E-state index is -0.234. The maximum Gasteiger partial charge on any atom is 0.317 e. The summed E-state index contributed by atoms with van der Waals surface area (Å²) in [6.07, 6.45) is 3.12. The number of urea groups is 1. The molecule has 114 valence electrons. The Bertz CT molecular complexity index is 537. The van der Waals surface area contributed by atoms with Crippen molar-refractivity contribution in [3.05, 3.63) is 29.6 Å². The van der Waals surface area contributed by atoms with Crippen LogP contribution in [0.15, 0.2) is 23.1 Å². The summed E-state index contributed by atoms with van der Waals surface area (Å²) in [7, 11) is 0. The first kappa shape index (κ1) is 14.7. The number of likely N-dealkylation sites (tertiary alicyclic amines) is 1. The molecule has 1 saturated heterocycles. The molecule has 2 heterocycles. The molecule has 2 aliphatic heterocycles. The van der Waals surface area contributed by atoms with Crippen molar-refractivity contribution in [2.45, 2.75) is 37.1 Å². The Kier molecular flexibility index (Phi) is 4.38. The van der Waals surface area contributed by atoms with E-state index in [1.54, 1.807) is 17.8 Å². The molecule has 1 fully saturated rings. The van der Waals surface area contributed by atoms with Gasteiger partial charge in [0, 0.05) is 23.7 Å². The topological polar surface area (TPSA) is 32.3 Å². The van der Waals surface area contributed by atoms with Gasteiger partial charge >= 0.3 is 6.03 Å². The maximum atomic E-state index is 13.5. The average Bonchev–Trinajstić information content (AvgIpc) is 2.48. The smallest absolute Gasteiger partial charge is 0.317 e. The van der Waals surface area contributed by atoms with Crippen LogP contribution in [-0.2, 0) is 0 Å². The van der Waals surface area contributed by atoms with Gasteiger partial charge in [-0.15, -0.1) is 11.8 Å². The van der Waals surface area contributed by atoms with Crippen LogP contribution in [0.1, 0.15) is 37.8 Å². The third-order valence-corrected chi connectivity index (χ3v) is 5.38. The van der Waals surface area contributed by atoms with E-state index in [4.69, 9.17) is 0 Å². The lowest BCUT2D eigenvalue weighted by Crippen LogP contribution is -2.46. The zero-order valence-electron chi connectivity index (χ0n) is 12.3. The lowest BCUT2D eigenvalue weighted by Gasteiger charge is -2.33. The second-order valence-corrected chi connectivity index (χ2v) is 7.15. The highest BCUT2D eigenvalue weighted by atomic mass is 32.2. The number of carbonyl (C=O) groups excluding carboxylic acids is 1. The van der Waals surface area contributed by atoms with Gasteiger partial charge in [0.05, 0.1) is 6.04 Å². The van der Waals surface area contributed by atoms with Gasteiger partial charge in [-0.2, -0.15) is 0 Å². The average molecular weight is 308 g/mol. The van der Waals surface area contributed by atoms with E-state index in [1.807, 2.05) is 11.0 Å². The predicted molar refractivity (Wildman–Crippen MR) is 83.0 cm³/mol. The summed E-state index contributed by atoms with van der Waals surface area (Å²) < 4.78 is 13.5. The molecule has 0 spiro atoms. The third-order valence-electron chi connectivity index (χ3n) is 4.25. The highest BCUT2D eigenvalue weighted by Crippen LogP contribution is 2.36. The van der Waals surface area contributed by atoms with Crippen molar-refractivity contribution in [2.75, 3.05) is 18.8 Å². The monoisotopic (exact) mass is 308 g/mol. The molecule has 0 aromatic heterocycles. The Morgan fingerprint density at radius 2 is 2.29 bits per heavy atom. The fourth-order valence-corrected chi connectivity index (χ4v) is 4.24. The predicted octanol–water partition coefficient (Wildman–Crippen LogP) is 3.80. The van der Waals surface area contributed by atoms with E-state index in [0.29, 0.717) is 5.92 Å². The first-order valence-corrected chi connectivity index (χ1v) is 8.60. The lowest BCUT2D eigenvalue weighted by atomic mass is 10.0. The Balaban J connectivity index is 1.71. The number of hydrogen-bond acceptors (Lipinski definition) is 2. The number of nitrogens with zero attached hydrogens (tertiary/aromatic N) is 1. The van der Waals surface area contributed by atoms with Crippen LogP contribution < -0.4 is 5.32 Å². The number of nitrogens with one attached hydrogen (secondary N) is 1. The van der Waals surface area contributed by atoms with Crippen LogP contribution >= 0.6 is 11.8 Å². The summed E-state index contributed by atoms with van der Waals surface area (Å²) in [6.45, 7) is 3.83. The van der Waals surface area contributed by atoms with Gasteiger partial charge in [0.15, 0.2) is 0 Å². The van der Waals surface area contributed by atoms with Crippen molar-refractivity contribution in [3.63, 3.8) is 0 Å². The van der Waals surface area contributed by atoms with E-state index in [2.05, 4.69) is 12.2 Å². The normalized spacial score (nSPS) is 25.3. The first-order chi connectivity index (χ1) is 10.1. The minimum absolute atomic E-state index is 0.00587. The van der Waals surface area contributed by atoms with Gasteiger partial charge in [0.1, 0.15) is 5.82 Å². The number of rotatable bonds is 1. The number of benzene rings is 1. The number of piperidine rings is 1. The molecule has 3 rings (SSSR count). The molecule has 5 heteroatoms. The molecular formula is C16H21FN2OS. The Hall–Kier alpha value is -1.23. The molecule has 2 unspecified atom stereocenters. The van der Waals surface area contributed by atoms with Crippen LogP contribution in [0.25, 0.3) is 0 Å². The molecule has 2 aliphatic rings. The molecule has 1 N–H and O–H groups in total. The van der Waals surface area contributed by atoms with Crippen molar-refractivity contribution in [2.24, 2.45) is 5.92 Å². The first-order valence-electron chi connectivity index (χ1n) is 7.61. The van der Waals surface area contributed by atoms with E-state index in [0.717, 1.165) is 42.1 Å². The summed E-state index contributed by atoms with van der Waals surface area (Å²) in [4.78, 5) is 15.4. The quantitative estimate of drug-likeness (QED) is 0.856. The van der Waals surface area contributed by atoms with Crippen LogP contribution in [0.3, 0.4) is 0 Å². The van der Waals surface area contributed by atoms with E-state index in [9.17, 15) is 9.18 Å². The second kappa shape index (κ2) is 6.26. The summed E-state index contributed by atoms with van der Waals surface area (Å²) >= 11 is 1.73. The molecule has 2 atom stereocenters. The van der Waals surface area contributed by atoms with Crippen LogP contribution in [0.4, 0.5) is 9.18 Å². The second-order valence-electron chi connectivity index (χ2n) is 6.01. The van der Waals surface area contributed by atoms with Crippen LogP contribution in [0, 0.1) is 11.7 Å². The zero-order chi connectivity index (χ0) is 14.8. The van der Waals surface area contributed by atoms with Gasteiger partial charge in [-0.1, -0.05) is 6.92 Å². The van der Waals surface area contributed by atoms with Gasteiger partial charge in [-0.3, -0.25) is 0 Å². The molecule has 21 heavy (non-hydrogen) atoms. The number of amides is 2. The highest BCUT2D eigenvalue weighted by Gasteiger charge is 2.26. The van der Waals surface area contributed by atoms with Crippen LogP contribution in [0.2, 0.25) is 0 Å². The van der Waals surface area contributed by atoms with E-state index in [-0.39, 0.29) is 17.9 Å². The summed E-state index contributed by atoms with van der Waals surface area (Å²) in [5, 5.41) is 3.10. The summed E-state index contributed by atoms with van der Waals surface area (Å²) in [5.74, 6) is 1.29. The standard InChI is InChI=1S/C16H21FN2OS/c1-11-3-2-7-19(10-11)16(20)18-14-6-8-21-15-5-4-12(17)9-13(14)15/h4-5,9,11,14H,2-3,6-8,10H2,1H3,(H,18,20). The van der Waals surface area contributed by atoms with Gasteiger partial charge in [-0.05, 0) is 48.9 Å². The summed E-state index contributed by atoms with van der Waals surface area (Å²) in [5.41, 5.74) is 0.921. The Morgan fingerprint density at radius 1 is 1.43 bits per heavy atom. The molecule has 1 aromatic carbocycles. The van der Waals surface area contributed by atoms with Crippen LogP contribution in [-0.4, -0.2) is 29.8 Å². The number of fused-ring (bicyclic) bond motifs is 1. The molecule has 2 amide bonds. The maximum absolute atomic E-state index is 13.5. The van der Waals surface area contributed by atoms with Crippen LogP contribution in [0.5, 0.6) is 0 Å². The minimum Gasteiger partial charge on any atom is -0.331 e. The molecule has 0 radical (unpaired) electrons. The molecular weight excluding hydrogens is 287 g/mol. The Labute approximate surface area is 129 Å². The van der Waals surface area contributed by atoms with Gasteiger partial charge in [-0.25, -0.2) is 9.18 Å². The van der Waals surface area contributed by atoms with E-state index < -0.39 is 0 Å². The molecule has 3 nitrogen and oxygen atoms in total. The van der Waals surface area contributed by atoms with Gasteiger partial charge < -0.3 is 10.2 Å². The van der Waals surface area contributed by atoms with Crippen molar-refractivity contribution in [1.29, 1.82) is 0 Å². The molecule has 0 bridgehead atoms. The van der Waals surface area contributed by atoms with Crippen molar-refractivity contribution in [1.82, 2.24) is 10.2 Å². The van der Waals surface area contributed by atoms with Crippen molar-refractivity contribution >= 4 is 17.8 Å². The summed E-state index contributed by atoms with van der Waals surface area (Å²) in [6, 6.07) is 4.79. The third kappa shape index (κ3) is 3.34. The van der Waals surface area contributed by atoms with Crippen molar-refractivity contribution < 1.29 is 9.18 Å². The zero-order valence-corrected chi connectivity index (χ0v) is 13.1. The SMILES string of the molecule is CC1CCCN(C(=O)NC2CCSc3ccc(F)cc32)C1. The number of thioether (sulfide) groups is 1. The van der Waals surface area contributed by atoms with Gasteiger partial charge in [0.25, 0.3) is 0 Å². The van der Waals surface area contributed by atoms with E-state index >= 15 is 0 Å². The number of halogens is 1. The largest absolute Gasteiger partial charge is 0.331 e. The molecule has 0 aliphatic carbocycles. The fraction of sp³-hybridized carbons (Fsp3) is 0.562. The molecule has 1 aromatic rings.